The third-order valence-corrected chi connectivity index (χ3v) is 13.3. The van der Waals surface area contributed by atoms with Gasteiger partial charge >= 0.3 is 0 Å². The minimum Gasteiger partial charge on any atom is -0.456 e. The van der Waals surface area contributed by atoms with Crippen molar-refractivity contribution in [2.45, 2.75) is 0 Å². The Bertz CT molecular complexity index is 3860. The van der Waals surface area contributed by atoms with Gasteiger partial charge in [0, 0.05) is 49.7 Å². The third-order valence-electron chi connectivity index (χ3n) is 13.3. The molecule has 13 rings (SSSR count). The lowest BCUT2D eigenvalue weighted by atomic mass is 9.85. The van der Waals surface area contributed by atoms with Gasteiger partial charge in [0.05, 0.1) is 0 Å². The van der Waals surface area contributed by atoms with Crippen LogP contribution in [0.5, 0.6) is 0 Å². The van der Waals surface area contributed by atoms with Crippen LogP contribution < -0.4 is 4.90 Å². The first-order valence-electron chi connectivity index (χ1n) is 22.8. The fraction of sp³-hybridized carbons (Fsp3) is 0. The van der Waals surface area contributed by atoms with Crippen molar-refractivity contribution in [2.24, 2.45) is 0 Å². The molecule has 0 atom stereocenters. The lowest BCUT2D eigenvalue weighted by molar-refractivity contribution is 0.668. The van der Waals surface area contributed by atoms with E-state index in [4.69, 9.17) is 8.83 Å². The van der Waals surface area contributed by atoms with Crippen LogP contribution in [0, 0.1) is 0 Å². The molecule has 0 aliphatic heterocycles. The summed E-state index contributed by atoms with van der Waals surface area (Å²) in [6.07, 6.45) is 0. The molecule has 3 heteroatoms. The van der Waals surface area contributed by atoms with Crippen LogP contribution in [-0.4, -0.2) is 0 Å². The fourth-order valence-corrected chi connectivity index (χ4v) is 10.1. The number of anilines is 3. The first-order valence-corrected chi connectivity index (χ1v) is 22.8. The zero-order chi connectivity index (χ0) is 44.3. The molecule has 0 bridgehead atoms. The van der Waals surface area contributed by atoms with Crippen LogP contribution in [0.1, 0.15) is 0 Å². The van der Waals surface area contributed by atoms with Gasteiger partial charge < -0.3 is 13.7 Å². The third kappa shape index (κ3) is 6.67. The van der Waals surface area contributed by atoms with Gasteiger partial charge in [-0.2, -0.15) is 0 Å². The predicted octanol–water partition coefficient (Wildman–Crippen LogP) is 18.4. The van der Waals surface area contributed by atoms with Crippen molar-refractivity contribution in [3.63, 3.8) is 0 Å². The van der Waals surface area contributed by atoms with E-state index in [-0.39, 0.29) is 0 Å². The average molecular weight is 856 g/mol. The molecule has 0 aliphatic rings. The Balaban J connectivity index is 1.01. The molecule has 0 saturated carbocycles. The summed E-state index contributed by atoms with van der Waals surface area (Å²) in [6, 6.07) is 88.9. The molecule has 13 aromatic rings. The van der Waals surface area contributed by atoms with Crippen LogP contribution >= 0.6 is 0 Å². The summed E-state index contributed by atoms with van der Waals surface area (Å²) in [4.78, 5) is 2.35. The standard InChI is InChI=1S/C64H41NO2/c1-3-13-42(14-4-1)45-25-31-50(32-26-45)65(51-33-27-46(28-34-51)43-15-5-2-6-16-43)52-35-29-47(30-36-52)61-53(37-39-59-63(61)55-19-9-11-21-57(55)66-59)54-38-40-60-64(56-20-10-12-22-58(56)67-60)62(54)49-24-23-44-17-7-8-18-48(44)41-49/h1-41H. The van der Waals surface area contributed by atoms with Crippen LogP contribution in [0.15, 0.2) is 258 Å². The van der Waals surface area contributed by atoms with Crippen molar-refractivity contribution in [3.8, 4) is 55.6 Å². The molecule has 314 valence electrons. The van der Waals surface area contributed by atoms with E-state index in [2.05, 4.69) is 241 Å². The molecule has 11 aromatic carbocycles. The van der Waals surface area contributed by atoms with E-state index in [0.717, 1.165) is 94.3 Å². The molecule has 2 aromatic heterocycles. The van der Waals surface area contributed by atoms with Crippen LogP contribution in [0.25, 0.3) is 110 Å². The quantitative estimate of drug-likeness (QED) is 0.152. The van der Waals surface area contributed by atoms with Gasteiger partial charge in [-0.1, -0.05) is 170 Å². The highest BCUT2D eigenvalue weighted by molar-refractivity contribution is 6.20. The van der Waals surface area contributed by atoms with Crippen molar-refractivity contribution in [1.82, 2.24) is 0 Å². The van der Waals surface area contributed by atoms with Gasteiger partial charge in [-0.15, -0.1) is 0 Å². The first kappa shape index (κ1) is 38.5. The molecular formula is C64H41NO2. The summed E-state index contributed by atoms with van der Waals surface area (Å²) in [5, 5.41) is 6.77. The summed E-state index contributed by atoms with van der Waals surface area (Å²) < 4.78 is 13.2. The molecule has 67 heavy (non-hydrogen) atoms. The molecule has 0 spiro atoms. The van der Waals surface area contributed by atoms with E-state index >= 15 is 0 Å². The number of benzene rings is 11. The monoisotopic (exact) mass is 855 g/mol. The van der Waals surface area contributed by atoms with Crippen molar-refractivity contribution in [3.05, 3.63) is 249 Å². The molecule has 0 N–H and O–H groups in total. The van der Waals surface area contributed by atoms with Crippen LogP contribution in [0.2, 0.25) is 0 Å². The van der Waals surface area contributed by atoms with Crippen molar-refractivity contribution < 1.29 is 8.83 Å². The second kappa shape index (κ2) is 16.0. The highest BCUT2D eigenvalue weighted by Gasteiger charge is 2.24. The van der Waals surface area contributed by atoms with E-state index in [9.17, 15) is 0 Å². The Kier molecular flexibility index (Phi) is 9.17. The number of hydrogen-bond donors (Lipinski definition) is 0. The SMILES string of the molecule is c1ccc(-c2ccc(N(c3ccc(-c4ccccc4)cc3)c3ccc(-c4c(-c5ccc6oc7ccccc7c6c5-c5ccc6ccccc6c5)ccc5oc6ccccc6c45)cc3)cc2)cc1. The fourth-order valence-electron chi connectivity index (χ4n) is 10.1. The topological polar surface area (TPSA) is 29.5 Å². The average Bonchev–Trinajstić information content (AvgIpc) is 3.98. The van der Waals surface area contributed by atoms with Gasteiger partial charge in [0.25, 0.3) is 0 Å². The van der Waals surface area contributed by atoms with E-state index < -0.39 is 0 Å². The number of furan rings is 2. The number of para-hydroxylation sites is 2. The molecular weight excluding hydrogens is 815 g/mol. The van der Waals surface area contributed by atoms with Gasteiger partial charge in [-0.3, -0.25) is 0 Å². The van der Waals surface area contributed by atoms with Gasteiger partial charge in [0.2, 0.25) is 0 Å². The zero-order valence-corrected chi connectivity index (χ0v) is 36.4. The Hall–Kier alpha value is -8.92. The molecule has 3 nitrogen and oxygen atoms in total. The molecule has 0 fully saturated rings. The number of hydrogen-bond acceptors (Lipinski definition) is 3. The van der Waals surface area contributed by atoms with Crippen molar-refractivity contribution >= 4 is 71.7 Å². The van der Waals surface area contributed by atoms with Crippen LogP contribution in [-0.2, 0) is 0 Å². The van der Waals surface area contributed by atoms with Crippen LogP contribution in [0.4, 0.5) is 17.1 Å². The molecule has 2 heterocycles. The second-order valence-electron chi connectivity index (χ2n) is 17.2. The van der Waals surface area contributed by atoms with Gasteiger partial charge in [-0.25, -0.2) is 0 Å². The highest BCUT2D eigenvalue weighted by Crippen LogP contribution is 2.49. The van der Waals surface area contributed by atoms with E-state index in [0.29, 0.717) is 0 Å². The predicted molar refractivity (Wildman–Crippen MR) is 280 cm³/mol. The van der Waals surface area contributed by atoms with Gasteiger partial charge in [0.1, 0.15) is 22.3 Å². The van der Waals surface area contributed by atoms with Crippen molar-refractivity contribution in [2.75, 3.05) is 4.90 Å². The van der Waals surface area contributed by atoms with E-state index in [1.165, 1.54) is 33.0 Å². The Morgan fingerprint density at radius 1 is 0.254 bits per heavy atom. The molecule has 0 aliphatic carbocycles. The number of nitrogens with zero attached hydrogens (tertiary/aromatic N) is 1. The number of fused-ring (bicyclic) bond motifs is 7. The first-order chi connectivity index (χ1) is 33.2. The van der Waals surface area contributed by atoms with Crippen molar-refractivity contribution in [1.29, 1.82) is 0 Å². The Labute approximate surface area is 388 Å². The largest absolute Gasteiger partial charge is 0.456 e. The van der Waals surface area contributed by atoms with Gasteiger partial charge in [0.15, 0.2) is 0 Å². The molecule has 0 unspecified atom stereocenters. The molecule has 0 amide bonds. The summed E-state index contributed by atoms with van der Waals surface area (Å²) >= 11 is 0. The summed E-state index contributed by atoms with van der Waals surface area (Å²) in [5.74, 6) is 0. The Morgan fingerprint density at radius 3 is 1.15 bits per heavy atom. The summed E-state index contributed by atoms with van der Waals surface area (Å²) in [7, 11) is 0. The smallest absolute Gasteiger partial charge is 0.136 e. The maximum Gasteiger partial charge on any atom is 0.136 e. The maximum absolute atomic E-state index is 6.62. The summed E-state index contributed by atoms with van der Waals surface area (Å²) in [5.41, 5.74) is 18.1. The zero-order valence-electron chi connectivity index (χ0n) is 36.4. The second-order valence-corrected chi connectivity index (χ2v) is 17.2. The maximum atomic E-state index is 6.62. The lowest BCUT2D eigenvalue weighted by Gasteiger charge is -2.26. The highest BCUT2D eigenvalue weighted by atomic mass is 16.3. The normalized spacial score (nSPS) is 11.6. The molecule has 0 radical (unpaired) electrons. The lowest BCUT2D eigenvalue weighted by Crippen LogP contribution is -2.09. The Morgan fingerprint density at radius 2 is 0.642 bits per heavy atom. The van der Waals surface area contributed by atoms with Crippen LogP contribution in [0.3, 0.4) is 0 Å². The number of rotatable bonds is 8. The minimum absolute atomic E-state index is 0.852. The van der Waals surface area contributed by atoms with E-state index in [1.54, 1.807) is 0 Å². The van der Waals surface area contributed by atoms with Gasteiger partial charge in [-0.05, 0) is 134 Å². The summed E-state index contributed by atoms with van der Waals surface area (Å²) in [6.45, 7) is 0. The minimum atomic E-state index is 0.852. The molecule has 0 saturated heterocycles. The van der Waals surface area contributed by atoms with E-state index in [1.807, 2.05) is 12.1 Å².